The number of hydrogen-bond acceptors (Lipinski definition) is 3. The molecule has 1 aromatic heterocycles. The molecular formula is C11H16ClNOS. The van der Waals surface area contributed by atoms with Crippen LogP contribution in [0.15, 0.2) is 17.5 Å². The van der Waals surface area contributed by atoms with Crippen molar-refractivity contribution in [1.82, 2.24) is 4.90 Å². The fraction of sp³-hybridized carbons (Fsp3) is 0.636. The maximum Gasteiger partial charge on any atom is 0.0838 e. The van der Waals surface area contributed by atoms with Crippen LogP contribution in [0.25, 0.3) is 0 Å². The summed E-state index contributed by atoms with van der Waals surface area (Å²) in [4.78, 5) is 3.86. The van der Waals surface area contributed by atoms with E-state index in [0.717, 1.165) is 19.7 Å². The van der Waals surface area contributed by atoms with E-state index in [9.17, 15) is 0 Å². The van der Waals surface area contributed by atoms with E-state index in [2.05, 4.69) is 29.3 Å². The fourth-order valence-corrected chi connectivity index (χ4v) is 2.71. The topological polar surface area (TPSA) is 12.5 Å². The molecule has 0 amide bonds. The molecule has 15 heavy (non-hydrogen) atoms. The molecule has 84 valence electrons. The van der Waals surface area contributed by atoms with Gasteiger partial charge < -0.3 is 4.74 Å². The molecule has 0 aromatic carbocycles. The van der Waals surface area contributed by atoms with Crippen molar-refractivity contribution in [1.29, 1.82) is 0 Å². The first-order valence-electron chi connectivity index (χ1n) is 5.23. The highest BCUT2D eigenvalue weighted by atomic mass is 35.5. The zero-order chi connectivity index (χ0) is 10.7. The number of morpholine rings is 1. The first kappa shape index (κ1) is 11.4. The molecule has 0 N–H and O–H groups in total. The molecule has 0 spiro atoms. The summed E-state index contributed by atoms with van der Waals surface area (Å²) < 4.78 is 5.62. The maximum atomic E-state index is 5.83. The second-order valence-corrected chi connectivity index (χ2v) is 5.31. The molecule has 1 fully saturated rings. The van der Waals surface area contributed by atoms with E-state index < -0.39 is 0 Å². The Morgan fingerprint density at radius 1 is 1.67 bits per heavy atom. The Bertz CT molecular complexity index is 291. The van der Waals surface area contributed by atoms with Gasteiger partial charge in [-0.05, 0) is 18.4 Å². The van der Waals surface area contributed by atoms with Crippen LogP contribution < -0.4 is 0 Å². The predicted molar refractivity (Wildman–Crippen MR) is 64.7 cm³/mol. The van der Waals surface area contributed by atoms with Crippen LogP contribution in [-0.2, 0) is 11.3 Å². The van der Waals surface area contributed by atoms with E-state index >= 15 is 0 Å². The minimum atomic E-state index is 0.197. The fourth-order valence-electron chi connectivity index (χ4n) is 1.79. The van der Waals surface area contributed by atoms with Gasteiger partial charge in [0.15, 0.2) is 0 Å². The van der Waals surface area contributed by atoms with Crippen molar-refractivity contribution in [3.8, 4) is 0 Å². The first-order chi connectivity index (χ1) is 7.29. The summed E-state index contributed by atoms with van der Waals surface area (Å²) in [5, 5.41) is 2.12. The first-order valence-corrected chi connectivity index (χ1v) is 6.65. The Labute approximate surface area is 99.8 Å². The molecule has 1 aliphatic rings. The van der Waals surface area contributed by atoms with Crippen LogP contribution in [-0.4, -0.2) is 36.1 Å². The van der Waals surface area contributed by atoms with Crippen LogP contribution in [0.1, 0.15) is 11.8 Å². The molecule has 0 aliphatic carbocycles. The minimum Gasteiger partial charge on any atom is -0.374 e. The average molecular weight is 246 g/mol. The van der Waals surface area contributed by atoms with Gasteiger partial charge in [-0.15, -0.1) is 22.9 Å². The molecule has 2 nitrogen and oxygen atoms in total. The lowest BCUT2D eigenvalue weighted by molar-refractivity contribution is -0.0507. The van der Waals surface area contributed by atoms with E-state index in [4.69, 9.17) is 16.3 Å². The van der Waals surface area contributed by atoms with Gasteiger partial charge in [-0.1, -0.05) is 6.07 Å². The zero-order valence-corrected chi connectivity index (χ0v) is 10.4. The van der Waals surface area contributed by atoms with Crippen molar-refractivity contribution in [2.45, 2.75) is 25.6 Å². The minimum absolute atomic E-state index is 0.197. The highest BCUT2D eigenvalue weighted by molar-refractivity contribution is 7.09. The summed E-state index contributed by atoms with van der Waals surface area (Å²) in [6, 6.07) is 4.78. The van der Waals surface area contributed by atoms with Crippen molar-refractivity contribution < 1.29 is 4.74 Å². The third-order valence-electron chi connectivity index (χ3n) is 2.75. The highest BCUT2D eigenvalue weighted by Crippen LogP contribution is 2.18. The summed E-state index contributed by atoms with van der Waals surface area (Å²) in [6.45, 7) is 4.97. The summed E-state index contributed by atoms with van der Waals surface area (Å²) in [5.41, 5.74) is 0. The Balaban J connectivity index is 1.94. The highest BCUT2D eigenvalue weighted by Gasteiger charge is 2.25. The molecule has 0 saturated carbocycles. The van der Waals surface area contributed by atoms with Crippen molar-refractivity contribution in [2.75, 3.05) is 19.0 Å². The SMILES string of the molecule is CC1COC(CCl)CN1Cc1cccs1. The lowest BCUT2D eigenvalue weighted by atomic mass is 10.2. The van der Waals surface area contributed by atoms with Crippen LogP contribution in [0.5, 0.6) is 0 Å². The normalized spacial score (nSPS) is 28.1. The van der Waals surface area contributed by atoms with Crippen molar-refractivity contribution in [2.24, 2.45) is 0 Å². The largest absolute Gasteiger partial charge is 0.374 e. The predicted octanol–water partition coefficient (Wildman–Crippen LogP) is 2.58. The van der Waals surface area contributed by atoms with E-state index in [1.807, 2.05) is 11.3 Å². The monoisotopic (exact) mass is 245 g/mol. The van der Waals surface area contributed by atoms with Gasteiger partial charge in [-0.2, -0.15) is 0 Å². The molecule has 1 aromatic rings. The molecule has 2 heterocycles. The number of halogens is 1. The lowest BCUT2D eigenvalue weighted by Crippen LogP contribution is -2.48. The third-order valence-corrected chi connectivity index (χ3v) is 3.95. The molecule has 4 heteroatoms. The Morgan fingerprint density at radius 3 is 3.20 bits per heavy atom. The third kappa shape index (κ3) is 2.94. The zero-order valence-electron chi connectivity index (χ0n) is 8.86. The van der Waals surface area contributed by atoms with Gasteiger partial charge in [0, 0.05) is 29.9 Å². The summed E-state index contributed by atoms with van der Waals surface area (Å²) in [6.07, 6.45) is 0.197. The molecule has 1 aliphatic heterocycles. The van der Waals surface area contributed by atoms with E-state index in [-0.39, 0.29) is 6.10 Å². The number of rotatable bonds is 3. The summed E-state index contributed by atoms with van der Waals surface area (Å²) in [7, 11) is 0. The van der Waals surface area contributed by atoms with Gasteiger partial charge in [-0.3, -0.25) is 4.90 Å². The number of hydrogen-bond donors (Lipinski definition) is 0. The Kier molecular flexibility index (Phi) is 4.03. The number of thiophene rings is 1. The standard InChI is InChI=1S/C11H16ClNOS/c1-9-8-14-10(5-12)6-13(9)7-11-3-2-4-15-11/h2-4,9-10H,5-8H2,1H3. The van der Waals surface area contributed by atoms with Gasteiger partial charge in [0.25, 0.3) is 0 Å². The van der Waals surface area contributed by atoms with Crippen molar-refractivity contribution in [3.63, 3.8) is 0 Å². The summed E-state index contributed by atoms with van der Waals surface area (Å²) in [5.74, 6) is 0.591. The molecule has 0 bridgehead atoms. The maximum absolute atomic E-state index is 5.83. The summed E-state index contributed by atoms with van der Waals surface area (Å²) >= 11 is 7.64. The van der Waals surface area contributed by atoms with Crippen LogP contribution in [0.3, 0.4) is 0 Å². The quantitative estimate of drug-likeness (QED) is 0.759. The van der Waals surface area contributed by atoms with E-state index in [1.165, 1.54) is 4.88 Å². The Hall–Kier alpha value is -0.0900. The average Bonchev–Trinajstić information content (AvgIpc) is 2.74. The second kappa shape index (κ2) is 5.30. The molecule has 1 saturated heterocycles. The van der Waals surface area contributed by atoms with Crippen molar-refractivity contribution >= 4 is 22.9 Å². The van der Waals surface area contributed by atoms with Gasteiger partial charge in [0.1, 0.15) is 0 Å². The van der Waals surface area contributed by atoms with Crippen LogP contribution >= 0.6 is 22.9 Å². The lowest BCUT2D eigenvalue weighted by Gasteiger charge is -2.37. The van der Waals surface area contributed by atoms with Crippen molar-refractivity contribution in [3.05, 3.63) is 22.4 Å². The van der Waals surface area contributed by atoms with Gasteiger partial charge in [0.2, 0.25) is 0 Å². The molecule has 2 atom stereocenters. The smallest absolute Gasteiger partial charge is 0.0838 e. The number of nitrogens with zero attached hydrogens (tertiary/aromatic N) is 1. The molecule has 2 rings (SSSR count). The molecule has 0 radical (unpaired) electrons. The van der Waals surface area contributed by atoms with Gasteiger partial charge in [-0.25, -0.2) is 0 Å². The van der Waals surface area contributed by atoms with Gasteiger partial charge in [0.05, 0.1) is 12.7 Å². The van der Waals surface area contributed by atoms with E-state index in [1.54, 1.807) is 0 Å². The van der Waals surface area contributed by atoms with Crippen LogP contribution in [0.2, 0.25) is 0 Å². The molecule has 2 unspecified atom stereocenters. The van der Waals surface area contributed by atoms with E-state index in [0.29, 0.717) is 11.9 Å². The second-order valence-electron chi connectivity index (χ2n) is 3.97. The number of alkyl halides is 1. The van der Waals surface area contributed by atoms with Gasteiger partial charge >= 0.3 is 0 Å². The number of ether oxygens (including phenoxy) is 1. The molecular weight excluding hydrogens is 230 g/mol. The Morgan fingerprint density at radius 2 is 2.53 bits per heavy atom. The van der Waals surface area contributed by atoms with Crippen LogP contribution in [0, 0.1) is 0 Å². The van der Waals surface area contributed by atoms with Crippen LogP contribution in [0.4, 0.5) is 0 Å².